The molecule has 1 fully saturated rings. The van der Waals surface area contributed by atoms with E-state index in [-0.39, 0.29) is 5.91 Å². The first kappa shape index (κ1) is 16.0. The Labute approximate surface area is 133 Å². The highest BCUT2D eigenvalue weighted by atomic mass is 79.9. The van der Waals surface area contributed by atoms with E-state index >= 15 is 0 Å². The summed E-state index contributed by atoms with van der Waals surface area (Å²) < 4.78 is 0.685. The number of hydrogen-bond donors (Lipinski definition) is 2. The largest absolute Gasteiger partial charge is 0.480 e. The molecule has 2 N–H and O–H groups in total. The Morgan fingerprint density at radius 3 is 2.71 bits per heavy atom. The fraction of sp³-hybridized carbons (Fsp3) is 0.500. The zero-order valence-electron chi connectivity index (χ0n) is 12.3. The number of amides is 1. The highest BCUT2D eigenvalue weighted by Crippen LogP contribution is 2.33. The number of halogens is 1. The minimum absolute atomic E-state index is 0.302. The molecule has 1 aromatic carbocycles. The van der Waals surface area contributed by atoms with Crippen molar-refractivity contribution >= 4 is 27.8 Å². The van der Waals surface area contributed by atoms with Crippen LogP contribution in [0.3, 0.4) is 0 Å². The number of carbonyl (C=O) groups is 2. The zero-order valence-corrected chi connectivity index (χ0v) is 13.9. The molecule has 0 heterocycles. The summed E-state index contributed by atoms with van der Waals surface area (Å²) in [6.45, 7) is 3.97. The van der Waals surface area contributed by atoms with Gasteiger partial charge in [-0.05, 0) is 59.3 Å². The molecule has 2 atom stereocenters. The third-order valence-electron chi connectivity index (χ3n) is 4.13. The Bertz CT molecular complexity index is 573. The highest BCUT2D eigenvalue weighted by Gasteiger charge is 2.43. The zero-order chi connectivity index (χ0) is 15.6. The van der Waals surface area contributed by atoms with Crippen molar-refractivity contribution in [1.82, 2.24) is 5.32 Å². The molecule has 0 aliphatic heterocycles. The van der Waals surface area contributed by atoms with Gasteiger partial charge in [0.2, 0.25) is 0 Å². The summed E-state index contributed by atoms with van der Waals surface area (Å²) in [5.74, 6) is -0.972. The number of rotatable bonds is 3. The Kier molecular flexibility index (Phi) is 4.71. The molecule has 0 saturated heterocycles. The van der Waals surface area contributed by atoms with Gasteiger partial charge in [0.25, 0.3) is 5.91 Å². The van der Waals surface area contributed by atoms with Crippen LogP contribution in [-0.4, -0.2) is 22.5 Å². The van der Waals surface area contributed by atoms with Crippen molar-refractivity contribution in [1.29, 1.82) is 0 Å². The summed E-state index contributed by atoms with van der Waals surface area (Å²) in [5, 5.41) is 12.4. The van der Waals surface area contributed by atoms with E-state index in [4.69, 9.17) is 0 Å². The van der Waals surface area contributed by atoms with Gasteiger partial charge in [0.1, 0.15) is 5.54 Å². The number of hydrogen-bond acceptors (Lipinski definition) is 2. The van der Waals surface area contributed by atoms with Gasteiger partial charge in [-0.3, -0.25) is 4.79 Å². The first-order chi connectivity index (χ1) is 9.84. The Morgan fingerprint density at radius 1 is 1.43 bits per heavy atom. The second kappa shape index (κ2) is 6.18. The minimum Gasteiger partial charge on any atom is -0.480 e. The van der Waals surface area contributed by atoms with Crippen LogP contribution >= 0.6 is 15.9 Å². The highest BCUT2D eigenvalue weighted by molar-refractivity contribution is 9.10. The maximum Gasteiger partial charge on any atom is 0.329 e. The van der Waals surface area contributed by atoms with Crippen molar-refractivity contribution in [3.63, 3.8) is 0 Å². The van der Waals surface area contributed by atoms with E-state index in [0.29, 0.717) is 28.8 Å². The van der Waals surface area contributed by atoms with E-state index < -0.39 is 11.5 Å². The van der Waals surface area contributed by atoms with E-state index in [0.717, 1.165) is 18.4 Å². The van der Waals surface area contributed by atoms with Crippen molar-refractivity contribution < 1.29 is 14.7 Å². The second-order valence-corrected chi connectivity index (χ2v) is 6.88. The van der Waals surface area contributed by atoms with Gasteiger partial charge in [-0.1, -0.05) is 25.8 Å². The predicted octanol–water partition coefficient (Wildman–Crippen LogP) is 3.52. The first-order valence-corrected chi connectivity index (χ1v) is 7.95. The molecule has 2 rings (SSSR count). The second-order valence-electron chi connectivity index (χ2n) is 6.03. The van der Waals surface area contributed by atoms with E-state index in [1.165, 1.54) is 0 Å². The monoisotopic (exact) mass is 353 g/mol. The van der Waals surface area contributed by atoms with Crippen molar-refractivity contribution in [2.24, 2.45) is 5.92 Å². The van der Waals surface area contributed by atoms with Crippen LogP contribution in [-0.2, 0) is 4.79 Å². The van der Waals surface area contributed by atoms with Crippen LogP contribution in [0.1, 0.15) is 48.5 Å². The van der Waals surface area contributed by atoms with Crippen molar-refractivity contribution in [2.75, 3.05) is 0 Å². The molecule has 21 heavy (non-hydrogen) atoms. The lowest BCUT2D eigenvalue weighted by Crippen LogP contribution is -2.56. The van der Waals surface area contributed by atoms with Crippen molar-refractivity contribution in [3.05, 3.63) is 33.8 Å². The van der Waals surface area contributed by atoms with Gasteiger partial charge >= 0.3 is 5.97 Å². The number of carboxylic acid groups (broad SMARTS) is 1. The lowest BCUT2D eigenvalue weighted by molar-refractivity contribution is -0.146. The molecule has 1 aromatic rings. The van der Waals surface area contributed by atoms with E-state index in [1.807, 2.05) is 26.0 Å². The fourth-order valence-electron chi connectivity index (χ4n) is 3.00. The van der Waals surface area contributed by atoms with Crippen LogP contribution in [0.2, 0.25) is 0 Å². The number of carbonyl (C=O) groups excluding carboxylic acids is 1. The summed E-state index contributed by atoms with van der Waals surface area (Å²) in [6, 6.07) is 5.42. The average molecular weight is 354 g/mol. The quantitative estimate of drug-likeness (QED) is 0.873. The summed E-state index contributed by atoms with van der Waals surface area (Å²) in [7, 11) is 0. The molecule has 4 nitrogen and oxygen atoms in total. The van der Waals surface area contributed by atoms with E-state index in [9.17, 15) is 14.7 Å². The molecule has 0 bridgehead atoms. The summed E-state index contributed by atoms with van der Waals surface area (Å²) in [5.41, 5.74) is 0.371. The van der Waals surface area contributed by atoms with Crippen LogP contribution in [0.15, 0.2) is 22.7 Å². The summed E-state index contributed by atoms with van der Waals surface area (Å²) in [4.78, 5) is 24.2. The standard InChI is InChI=1S/C16H20BrNO3/c1-10-5-6-12(13(17)8-10)14(19)18-16(15(20)21)7-3-4-11(2)9-16/h5-6,8,11H,3-4,7,9H2,1-2H3,(H,18,19)(H,20,21). The summed E-state index contributed by atoms with van der Waals surface area (Å²) in [6.07, 6.45) is 2.81. The molecule has 0 radical (unpaired) electrons. The molecular formula is C16H20BrNO3. The van der Waals surface area contributed by atoms with Gasteiger partial charge in [0, 0.05) is 4.47 Å². The van der Waals surface area contributed by atoms with Crippen LogP contribution in [0.4, 0.5) is 0 Å². The van der Waals surface area contributed by atoms with Crippen LogP contribution in [0.25, 0.3) is 0 Å². The van der Waals surface area contributed by atoms with Gasteiger partial charge in [-0.15, -0.1) is 0 Å². The number of nitrogens with one attached hydrogen (secondary N) is 1. The van der Waals surface area contributed by atoms with Crippen LogP contribution in [0, 0.1) is 12.8 Å². The molecule has 1 amide bonds. The summed E-state index contributed by atoms with van der Waals surface area (Å²) >= 11 is 3.37. The molecule has 0 spiro atoms. The molecule has 0 aromatic heterocycles. The average Bonchev–Trinajstić information content (AvgIpc) is 2.38. The lowest BCUT2D eigenvalue weighted by Gasteiger charge is -2.37. The minimum atomic E-state index is -1.14. The van der Waals surface area contributed by atoms with Gasteiger partial charge in [-0.25, -0.2) is 4.79 Å². The fourth-order valence-corrected chi connectivity index (χ4v) is 3.67. The first-order valence-electron chi connectivity index (χ1n) is 7.16. The molecule has 114 valence electrons. The molecule has 1 saturated carbocycles. The number of carboxylic acids is 1. The third kappa shape index (κ3) is 3.46. The van der Waals surface area contributed by atoms with Crippen LogP contribution in [0.5, 0.6) is 0 Å². The molecule has 5 heteroatoms. The molecule has 1 aliphatic rings. The SMILES string of the molecule is Cc1ccc(C(=O)NC2(C(=O)O)CCCC(C)C2)c(Br)c1. The van der Waals surface area contributed by atoms with E-state index in [2.05, 4.69) is 21.2 Å². The topological polar surface area (TPSA) is 66.4 Å². The van der Waals surface area contributed by atoms with Gasteiger partial charge in [0.15, 0.2) is 0 Å². The number of aliphatic carboxylic acids is 1. The molecular weight excluding hydrogens is 334 g/mol. The molecule has 2 unspecified atom stereocenters. The maximum atomic E-state index is 12.5. The van der Waals surface area contributed by atoms with Gasteiger partial charge < -0.3 is 10.4 Å². The smallest absolute Gasteiger partial charge is 0.329 e. The third-order valence-corrected chi connectivity index (χ3v) is 4.78. The van der Waals surface area contributed by atoms with Crippen LogP contribution < -0.4 is 5.32 Å². The Hall–Kier alpha value is -1.36. The Balaban J connectivity index is 2.24. The van der Waals surface area contributed by atoms with Crippen molar-refractivity contribution in [3.8, 4) is 0 Å². The normalized spacial score (nSPS) is 25.4. The Morgan fingerprint density at radius 2 is 2.14 bits per heavy atom. The number of aryl methyl sites for hydroxylation is 1. The van der Waals surface area contributed by atoms with E-state index in [1.54, 1.807) is 6.07 Å². The number of benzene rings is 1. The molecule has 1 aliphatic carbocycles. The van der Waals surface area contributed by atoms with Gasteiger partial charge in [-0.2, -0.15) is 0 Å². The lowest BCUT2D eigenvalue weighted by atomic mass is 9.76. The maximum absolute atomic E-state index is 12.5. The van der Waals surface area contributed by atoms with Gasteiger partial charge in [0.05, 0.1) is 5.56 Å². The predicted molar refractivity (Wildman–Crippen MR) is 84.3 cm³/mol. The van der Waals surface area contributed by atoms with Crippen molar-refractivity contribution in [2.45, 2.75) is 45.1 Å².